The number of rotatable bonds is 4. The Kier molecular flexibility index (Phi) is 4.89. The van der Waals surface area contributed by atoms with Crippen LogP contribution in [0.1, 0.15) is 25.3 Å². The lowest BCUT2D eigenvalue weighted by Crippen LogP contribution is -2.06. The topological polar surface area (TPSA) is 9.23 Å². The number of ether oxygens (including phenoxy) is 1. The number of hydrogen-bond donors (Lipinski definition) is 0. The fourth-order valence-electron chi connectivity index (χ4n) is 1.14. The van der Waals surface area contributed by atoms with Gasteiger partial charge in [-0.05, 0) is 47.2 Å². The van der Waals surface area contributed by atoms with Gasteiger partial charge in [-0.25, -0.2) is 0 Å². The molecule has 0 bridgehead atoms. The van der Waals surface area contributed by atoms with Crippen molar-refractivity contribution >= 4 is 22.6 Å². The van der Waals surface area contributed by atoms with E-state index in [0.29, 0.717) is 10.2 Å². The van der Waals surface area contributed by atoms with Crippen molar-refractivity contribution in [2.24, 2.45) is 0 Å². The van der Waals surface area contributed by atoms with Crippen LogP contribution in [0.3, 0.4) is 0 Å². The van der Waals surface area contributed by atoms with Crippen LogP contribution < -0.4 is 4.74 Å². The normalized spacial score (nSPS) is 11.6. The molecule has 0 atom stereocenters. The van der Waals surface area contributed by atoms with Crippen LogP contribution >= 0.6 is 22.6 Å². The summed E-state index contributed by atoms with van der Waals surface area (Å²) in [6, 6.07) is 3.75. The van der Waals surface area contributed by atoms with Gasteiger partial charge in [0.05, 0.1) is 12.2 Å². The maximum atomic E-state index is 12.5. The Morgan fingerprint density at radius 1 is 1.25 bits per heavy atom. The zero-order chi connectivity index (χ0) is 12.2. The van der Waals surface area contributed by atoms with E-state index in [1.807, 2.05) is 29.5 Å². The first-order valence-electron chi connectivity index (χ1n) is 4.94. The molecule has 1 rings (SSSR count). The van der Waals surface area contributed by atoms with E-state index in [2.05, 4.69) is 0 Å². The van der Waals surface area contributed by atoms with Gasteiger partial charge < -0.3 is 4.74 Å². The molecule has 16 heavy (non-hydrogen) atoms. The summed E-state index contributed by atoms with van der Waals surface area (Å²) in [5, 5.41) is 0. The Hall–Kier alpha value is -0.460. The molecule has 0 heterocycles. The SMILES string of the molecule is CCCCOc1cc(I)cc(C(F)(F)F)c1. The molecular weight excluding hydrogens is 332 g/mol. The summed E-state index contributed by atoms with van der Waals surface area (Å²) in [7, 11) is 0. The highest BCUT2D eigenvalue weighted by atomic mass is 127. The molecule has 0 radical (unpaired) electrons. The Morgan fingerprint density at radius 3 is 2.50 bits per heavy atom. The number of hydrogen-bond acceptors (Lipinski definition) is 1. The molecule has 5 heteroatoms. The second-order valence-corrected chi connectivity index (χ2v) is 4.62. The molecule has 0 saturated carbocycles. The molecule has 1 aromatic rings. The minimum Gasteiger partial charge on any atom is -0.494 e. The molecule has 0 unspecified atom stereocenters. The largest absolute Gasteiger partial charge is 0.494 e. The van der Waals surface area contributed by atoms with Crippen LogP contribution in [0.4, 0.5) is 13.2 Å². The molecular formula is C11H12F3IO. The third kappa shape index (κ3) is 4.19. The highest BCUT2D eigenvalue weighted by molar-refractivity contribution is 14.1. The minimum atomic E-state index is -4.32. The summed E-state index contributed by atoms with van der Waals surface area (Å²) < 4.78 is 43.2. The minimum absolute atomic E-state index is 0.285. The van der Waals surface area contributed by atoms with E-state index in [0.717, 1.165) is 25.0 Å². The van der Waals surface area contributed by atoms with Crippen molar-refractivity contribution in [3.63, 3.8) is 0 Å². The van der Waals surface area contributed by atoms with Crippen molar-refractivity contribution in [2.45, 2.75) is 25.9 Å². The van der Waals surface area contributed by atoms with Gasteiger partial charge in [0.2, 0.25) is 0 Å². The summed E-state index contributed by atoms with van der Waals surface area (Å²) in [4.78, 5) is 0. The van der Waals surface area contributed by atoms with E-state index in [-0.39, 0.29) is 5.75 Å². The van der Waals surface area contributed by atoms with Crippen molar-refractivity contribution in [2.75, 3.05) is 6.61 Å². The smallest absolute Gasteiger partial charge is 0.416 e. The number of alkyl halides is 3. The van der Waals surface area contributed by atoms with Crippen LogP contribution in [-0.4, -0.2) is 6.61 Å². The zero-order valence-electron chi connectivity index (χ0n) is 8.77. The van der Waals surface area contributed by atoms with Gasteiger partial charge in [0.15, 0.2) is 0 Å². The molecule has 0 saturated heterocycles. The zero-order valence-corrected chi connectivity index (χ0v) is 10.9. The maximum absolute atomic E-state index is 12.5. The lowest BCUT2D eigenvalue weighted by Gasteiger charge is -2.11. The van der Waals surface area contributed by atoms with Gasteiger partial charge in [0, 0.05) is 3.57 Å². The van der Waals surface area contributed by atoms with Crippen molar-refractivity contribution in [3.05, 3.63) is 27.3 Å². The first-order valence-corrected chi connectivity index (χ1v) is 6.02. The fraction of sp³-hybridized carbons (Fsp3) is 0.455. The van der Waals surface area contributed by atoms with Crippen molar-refractivity contribution < 1.29 is 17.9 Å². The standard InChI is InChI=1S/C11H12F3IO/c1-2-3-4-16-10-6-8(11(12,13)14)5-9(15)7-10/h5-7H,2-4H2,1H3. The van der Waals surface area contributed by atoms with E-state index in [1.165, 1.54) is 0 Å². The highest BCUT2D eigenvalue weighted by Crippen LogP contribution is 2.33. The van der Waals surface area contributed by atoms with Gasteiger partial charge in [-0.1, -0.05) is 13.3 Å². The second-order valence-electron chi connectivity index (χ2n) is 3.38. The molecule has 0 aliphatic heterocycles. The second kappa shape index (κ2) is 5.75. The van der Waals surface area contributed by atoms with Crippen LogP contribution in [0.25, 0.3) is 0 Å². The quantitative estimate of drug-likeness (QED) is 0.578. The molecule has 0 fully saturated rings. The summed E-state index contributed by atoms with van der Waals surface area (Å²) in [6.45, 7) is 2.45. The van der Waals surface area contributed by atoms with E-state index >= 15 is 0 Å². The van der Waals surface area contributed by atoms with Gasteiger partial charge >= 0.3 is 6.18 Å². The summed E-state index contributed by atoms with van der Waals surface area (Å²) in [5.74, 6) is 0.285. The monoisotopic (exact) mass is 344 g/mol. The lowest BCUT2D eigenvalue weighted by molar-refractivity contribution is -0.137. The Morgan fingerprint density at radius 2 is 1.94 bits per heavy atom. The van der Waals surface area contributed by atoms with Crippen molar-refractivity contribution in [3.8, 4) is 5.75 Å². The van der Waals surface area contributed by atoms with Gasteiger partial charge in [-0.3, -0.25) is 0 Å². The van der Waals surface area contributed by atoms with E-state index in [4.69, 9.17) is 4.74 Å². The average molecular weight is 344 g/mol. The highest BCUT2D eigenvalue weighted by Gasteiger charge is 2.31. The number of unbranched alkanes of at least 4 members (excludes halogenated alkanes) is 1. The Bertz CT molecular complexity index is 350. The van der Waals surface area contributed by atoms with Crippen LogP contribution in [0.5, 0.6) is 5.75 Å². The van der Waals surface area contributed by atoms with Gasteiger partial charge in [0.25, 0.3) is 0 Å². The summed E-state index contributed by atoms with van der Waals surface area (Å²) in [5.41, 5.74) is -0.661. The molecule has 0 aliphatic rings. The molecule has 1 aromatic carbocycles. The first-order chi connectivity index (χ1) is 7.43. The van der Waals surface area contributed by atoms with Crippen LogP contribution in [-0.2, 0) is 6.18 Å². The van der Waals surface area contributed by atoms with E-state index < -0.39 is 11.7 Å². The molecule has 0 N–H and O–H groups in total. The maximum Gasteiger partial charge on any atom is 0.416 e. The van der Waals surface area contributed by atoms with Gasteiger partial charge in [-0.15, -0.1) is 0 Å². The average Bonchev–Trinajstić information content (AvgIpc) is 2.16. The van der Waals surface area contributed by atoms with Crippen molar-refractivity contribution in [1.29, 1.82) is 0 Å². The summed E-state index contributed by atoms with van der Waals surface area (Å²) >= 11 is 1.85. The van der Waals surface area contributed by atoms with Crippen LogP contribution in [0, 0.1) is 3.57 Å². The third-order valence-electron chi connectivity index (χ3n) is 1.97. The third-order valence-corrected chi connectivity index (χ3v) is 2.59. The molecule has 0 aromatic heterocycles. The predicted molar refractivity (Wildman–Crippen MR) is 64.6 cm³/mol. The van der Waals surface area contributed by atoms with Crippen molar-refractivity contribution in [1.82, 2.24) is 0 Å². The van der Waals surface area contributed by atoms with E-state index in [9.17, 15) is 13.2 Å². The number of benzene rings is 1. The molecule has 0 amide bonds. The fourth-order valence-corrected chi connectivity index (χ4v) is 1.79. The molecule has 1 nitrogen and oxygen atoms in total. The van der Waals surface area contributed by atoms with E-state index in [1.54, 1.807) is 6.07 Å². The first kappa shape index (κ1) is 13.6. The Balaban J connectivity index is 2.82. The lowest BCUT2D eigenvalue weighted by atomic mass is 10.2. The van der Waals surface area contributed by atoms with Gasteiger partial charge in [-0.2, -0.15) is 13.2 Å². The number of halogens is 4. The Labute approximate surface area is 106 Å². The molecule has 0 spiro atoms. The molecule has 0 aliphatic carbocycles. The van der Waals surface area contributed by atoms with Gasteiger partial charge in [0.1, 0.15) is 5.75 Å². The van der Waals surface area contributed by atoms with Crippen LogP contribution in [0.15, 0.2) is 18.2 Å². The summed E-state index contributed by atoms with van der Waals surface area (Å²) in [6.07, 6.45) is -2.52. The van der Waals surface area contributed by atoms with Crippen LogP contribution in [0.2, 0.25) is 0 Å². The molecule has 90 valence electrons. The predicted octanol–water partition coefficient (Wildman–Crippen LogP) is 4.49.